The van der Waals surface area contributed by atoms with Gasteiger partial charge in [-0.05, 0) is 48.9 Å². The van der Waals surface area contributed by atoms with Gasteiger partial charge in [0.15, 0.2) is 0 Å². The summed E-state index contributed by atoms with van der Waals surface area (Å²) in [5, 5.41) is 0.682. The summed E-state index contributed by atoms with van der Waals surface area (Å²) in [6, 6.07) is 7.98. The molecule has 2 rings (SSSR count). The second kappa shape index (κ2) is 6.49. The van der Waals surface area contributed by atoms with E-state index in [4.69, 9.17) is 16.3 Å². The van der Waals surface area contributed by atoms with Gasteiger partial charge >= 0.3 is 0 Å². The van der Waals surface area contributed by atoms with Crippen molar-refractivity contribution in [3.8, 4) is 5.75 Å². The number of benzene rings is 1. The van der Waals surface area contributed by atoms with Gasteiger partial charge in [0.25, 0.3) is 0 Å². The van der Waals surface area contributed by atoms with Crippen LogP contribution in [0.15, 0.2) is 66.4 Å². The molecule has 0 N–H and O–H groups in total. The standard InChI is InChI=1S/C17H18ClNO/c1-4-12-20-15-8-6-14(7-9-15)17-11-10-16(18)13(3)19(17)5-2/h4,6-11H,1,3,5,12H2,2H3. The number of nitrogens with zero attached hydrogens (tertiary/aromatic N) is 1. The minimum atomic E-state index is 0.512. The van der Waals surface area contributed by atoms with Crippen LogP contribution in [0.3, 0.4) is 0 Å². The van der Waals surface area contributed by atoms with E-state index in [1.807, 2.05) is 36.4 Å². The lowest BCUT2D eigenvalue weighted by atomic mass is 10.1. The van der Waals surface area contributed by atoms with Gasteiger partial charge in [-0.3, -0.25) is 0 Å². The van der Waals surface area contributed by atoms with Crippen LogP contribution in [0.5, 0.6) is 5.75 Å². The fraction of sp³-hybridized carbons (Fsp3) is 0.176. The molecule has 0 saturated carbocycles. The van der Waals surface area contributed by atoms with Crippen molar-refractivity contribution >= 4 is 17.3 Å². The van der Waals surface area contributed by atoms with Gasteiger partial charge in [0.1, 0.15) is 12.4 Å². The third kappa shape index (κ3) is 2.97. The molecule has 2 nitrogen and oxygen atoms in total. The number of rotatable bonds is 5. The Labute approximate surface area is 125 Å². The lowest BCUT2D eigenvalue weighted by Gasteiger charge is -2.30. The highest BCUT2D eigenvalue weighted by Crippen LogP contribution is 2.32. The van der Waals surface area contributed by atoms with Crippen LogP contribution in [0, 0.1) is 0 Å². The Morgan fingerprint density at radius 3 is 2.55 bits per heavy atom. The first-order chi connectivity index (χ1) is 9.67. The van der Waals surface area contributed by atoms with Gasteiger partial charge in [0.2, 0.25) is 0 Å². The quantitative estimate of drug-likeness (QED) is 0.736. The van der Waals surface area contributed by atoms with E-state index in [0.717, 1.165) is 29.3 Å². The van der Waals surface area contributed by atoms with Gasteiger partial charge in [-0.15, -0.1) is 0 Å². The highest BCUT2D eigenvalue weighted by atomic mass is 35.5. The minimum absolute atomic E-state index is 0.512. The predicted octanol–water partition coefficient (Wildman–Crippen LogP) is 4.56. The molecule has 0 atom stereocenters. The SMILES string of the molecule is C=CCOc1ccc(C2=CC=C(Cl)C(=C)N2CC)cc1. The van der Waals surface area contributed by atoms with Crippen molar-refractivity contribution in [2.45, 2.75) is 6.92 Å². The van der Waals surface area contributed by atoms with Crippen LogP contribution < -0.4 is 4.74 Å². The number of halogens is 1. The zero-order valence-corrected chi connectivity index (χ0v) is 12.4. The highest BCUT2D eigenvalue weighted by molar-refractivity contribution is 6.32. The smallest absolute Gasteiger partial charge is 0.119 e. The maximum Gasteiger partial charge on any atom is 0.119 e. The Bertz CT molecular complexity index is 569. The Morgan fingerprint density at radius 1 is 1.25 bits per heavy atom. The molecule has 0 amide bonds. The van der Waals surface area contributed by atoms with Crippen LogP contribution in [0.1, 0.15) is 12.5 Å². The second-order valence-electron chi connectivity index (χ2n) is 4.38. The number of hydrogen-bond acceptors (Lipinski definition) is 2. The third-order valence-corrected chi connectivity index (χ3v) is 3.46. The summed E-state index contributed by atoms with van der Waals surface area (Å²) in [6.45, 7) is 11.1. The predicted molar refractivity (Wildman–Crippen MR) is 85.6 cm³/mol. The van der Waals surface area contributed by atoms with Crippen molar-refractivity contribution in [3.63, 3.8) is 0 Å². The molecule has 0 spiro atoms. The van der Waals surface area contributed by atoms with Crippen molar-refractivity contribution in [1.29, 1.82) is 0 Å². The van der Waals surface area contributed by atoms with Gasteiger partial charge in [0, 0.05) is 12.2 Å². The van der Waals surface area contributed by atoms with E-state index in [1.165, 1.54) is 0 Å². The molecule has 0 radical (unpaired) electrons. The largest absolute Gasteiger partial charge is 0.490 e. The average molecular weight is 288 g/mol. The summed E-state index contributed by atoms with van der Waals surface area (Å²) in [7, 11) is 0. The molecule has 0 fully saturated rings. The van der Waals surface area contributed by atoms with E-state index in [-0.39, 0.29) is 0 Å². The van der Waals surface area contributed by atoms with Crippen LogP contribution in [0.25, 0.3) is 5.70 Å². The van der Waals surface area contributed by atoms with Crippen molar-refractivity contribution in [2.75, 3.05) is 13.2 Å². The number of allylic oxidation sites excluding steroid dienone is 3. The molecule has 20 heavy (non-hydrogen) atoms. The topological polar surface area (TPSA) is 12.5 Å². The zero-order valence-electron chi connectivity index (χ0n) is 11.6. The fourth-order valence-electron chi connectivity index (χ4n) is 2.10. The molecule has 104 valence electrons. The molecular formula is C17H18ClNO. The molecule has 0 aromatic heterocycles. The van der Waals surface area contributed by atoms with Crippen molar-refractivity contribution in [2.24, 2.45) is 0 Å². The number of hydrogen-bond donors (Lipinski definition) is 0. The second-order valence-corrected chi connectivity index (χ2v) is 4.79. The average Bonchev–Trinajstić information content (AvgIpc) is 2.48. The summed E-state index contributed by atoms with van der Waals surface area (Å²) in [5.41, 5.74) is 3.04. The maximum atomic E-state index is 6.12. The van der Waals surface area contributed by atoms with Gasteiger partial charge < -0.3 is 9.64 Å². The summed E-state index contributed by atoms with van der Waals surface area (Å²) < 4.78 is 5.49. The first-order valence-electron chi connectivity index (χ1n) is 6.55. The lowest BCUT2D eigenvalue weighted by Crippen LogP contribution is -2.22. The number of ether oxygens (including phenoxy) is 1. The molecular weight excluding hydrogens is 270 g/mol. The summed E-state index contributed by atoms with van der Waals surface area (Å²) >= 11 is 6.12. The Morgan fingerprint density at radius 2 is 1.95 bits per heavy atom. The molecule has 0 bridgehead atoms. The number of likely N-dealkylation sites (N-methyl/N-ethyl adjacent to an activating group) is 1. The molecule has 1 aromatic rings. The van der Waals surface area contributed by atoms with Crippen LogP contribution in [0.4, 0.5) is 0 Å². The molecule has 0 saturated heterocycles. The summed E-state index contributed by atoms with van der Waals surface area (Å²) in [6.07, 6.45) is 5.63. The van der Waals surface area contributed by atoms with Crippen LogP contribution in [-0.2, 0) is 0 Å². The third-order valence-electron chi connectivity index (χ3n) is 3.11. The highest BCUT2D eigenvalue weighted by Gasteiger charge is 2.18. The van der Waals surface area contributed by atoms with Gasteiger partial charge in [0.05, 0.1) is 10.7 Å². The Kier molecular flexibility index (Phi) is 4.70. The molecule has 1 aliphatic heterocycles. The van der Waals surface area contributed by atoms with Crippen LogP contribution in [-0.4, -0.2) is 18.1 Å². The van der Waals surface area contributed by atoms with Crippen LogP contribution >= 0.6 is 11.6 Å². The van der Waals surface area contributed by atoms with Crippen molar-refractivity contribution in [3.05, 3.63) is 71.9 Å². The molecule has 0 aliphatic carbocycles. The first kappa shape index (κ1) is 14.5. The molecule has 1 heterocycles. The zero-order chi connectivity index (χ0) is 14.5. The van der Waals surface area contributed by atoms with E-state index in [1.54, 1.807) is 6.08 Å². The normalized spacial score (nSPS) is 14.7. The molecule has 1 aromatic carbocycles. The van der Waals surface area contributed by atoms with Gasteiger partial charge in [-0.1, -0.05) is 30.8 Å². The van der Waals surface area contributed by atoms with Gasteiger partial charge in [-0.25, -0.2) is 0 Å². The van der Waals surface area contributed by atoms with E-state index in [0.29, 0.717) is 11.6 Å². The van der Waals surface area contributed by atoms with E-state index in [2.05, 4.69) is 25.0 Å². The van der Waals surface area contributed by atoms with E-state index < -0.39 is 0 Å². The van der Waals surface area contributed by atoms with E-state index in [9.17, 15) is 0 Å². The Hall–Kier alpha value is -1.93. The molecule has 0 unspecified atom stereocenters. The Balaban J connectivity index is 2.26. The minimum Gasteiger partial charge on any atom is -0.490 e. The fourth-order valence-corrected chi connectivity index (χ4v) is 2.27. The van der Waals surface area contributed by atoms with Crippen molar-refractivity contribution < 1.29 is 4.74 Å². The monoisotopic (exact) mass is 287 g/mol. The van der Waals surface area contributed by atoms with Crippen LogP contribution in [0.2, 0.25) is 0 Å². The molecule has 3 heteroatoms. The van der Waals surface area contributed by atoms with E-state index >= 15 is 0 Å². The summed E-state index contributed by atoms with van der Waals surface area (Å²) in [5.74, 6) is 0.834. The van der Waals surface area contributed by atoms with Crippen molar-refractivity contribution in [1.82, 2.24) is 4.90 Å². The molecule has 1 aliphatic rings. The maximum absolute atomic E-state index is 6.12. The lowest BCUT2D eigenvalue weighted by molar-refractivity contribution is 0.363. The summed E-state index contributed by atoms with van der Waals surface area (Å²) in [4.78, 5) is 2.10. The first-order valence-corrected chi connectivity index (χ1v) is 6.93. The van der Waals surface area contributed by atoms with Gasteiger partial charge in [-0.2, -0.15) is 0 Å².